The zero-order chi connectivity index (χ0) is 11.6. The van der Waals surface area contributed by atoms with Crippen LogP contribution in [0.1, 0.15) is 24.2 Å². The molecule has 0 unspecified atom stereocenters. The van der Waals surface area contributed by atoms with E-state index in [1.165, 1.54) is 12.1 Å². The van der Waals surface area contributed by atoms with Gasteiger partial charge in [0.05, 0.1) is 4.47 Å². The Bertz CT molecular complexity index is 390. The lowest BCUT2D eigenvalue weighted by atomic mass is 9.86. The maximum absolute atomic E-state index is 13.2. The van der Waals surface area contributed by atoms with Crippen LogP contribution in [0, 0.1) is 11.2 Å². The third-order valence-corrected chi connectivity index (χ3v) is 3.44. The number of benzene rings is 1. The van der Waals surface area contributed by atoms with Gasteiger partial charge in [-0.15, -0.1) is 11.6 Å². The van der Waals surface area contributed by atoms with Crippen molar-refractivity contribution in [2.75, 3.05) is 5.88 Å². The minimum absolute atomic E-state index is 0.149. The molecular weight excluding hydrogens is 282 g/mol. The van der Waals surface area contributed by atoms with Crippen molar-refractivity contribution >= 4 is 33.3 Å². The first-order chi connectivity index (χ1) is 6.88. The molecular formula is C11H11BrClFO. The second-order valence-corrected chi connectivity index (χ2v) is 5.10. The van der Waals surface area contributed by atoms with E-state index >= 15 is 0 Å². The summed E-state index contributed by atoms with van der Waals surface area (Å²) in [5.41, 5.74) is -0.316. The molecule has 15 heavy (non-hydrogen) atoms. The van der Waals surface area contributed by atoms with E-state index in [4.69, 9.17) is 11.6 Å². The van der Waals surface area contributed by atoms with Gasteiger partial charge in [-0.2, -0.15) is 0 Å². The van der Waals surface area contributed by atoms with E-state index in [1.54, 1.807) is 19.9 Å². The number of carbonyl (C=O) groups excluding carboxylic acids is 1. The maximum atomic E-state index is 13.2. The van der Waals surface area contributed by atoms with Crippen LogP contribution in [-0.2, 0) is 0 Å². The molecule has 0 aliphatic heterocycles. The summed E-state index contributed by atoms with van der Waals surface area (Å²) in [5.74, 6) is -0.376. The van der Waals surface area contributed by atoms with Gasteiger partial charge in [0, 0.05) is 16.9 Å². The molecule has 1 nitrogen and oxygen atoms in total. The van der Waals surface area contributed by atoms with Crippen LogP contribution in [0.15, 0.2) is 22.7 Å². The number of rotatable bonds is 3. The highest BCUT2D eigenvalue weighted by Crippen LogP contribution is 2.25. The third-order valence-electron chi connectivity index (χ3n) is 2.13. The van der Waals surface area contributed by atoms with Crippen molar-refractivity contribution in [2.45, 2.75) is 13.8 Å². The molecule has 1 rings (SSSR count). The van der Waals surface area contributed by atoms with E-state index in [1.807, 2.05) is 0 Å². The lowest BCUT2D eigenvalue weighted by Crippen LogP contribution is -2.26. The summed E-state index contributed by atoms with van der Waals surface area (Å²) in [6.07, 6.45) is 0. The highest BCUT2D eigenvalue weighted by molar-refractivity contribution is 9.10. The topological polar surface area (TPSA) is 17.1 Å². The average molecular weight is 294 g/mol. The lowest BCUT2D eigenvalue weighted by Gasteiger charge is -2.19. The van der Waals surface area contributed by atoms with Gasteiger partial charge < -0.3 is 0 Å². The van der Waals surface area contributed by atoms with Crippen molar-refractivity contribution in [3.05, 3.63) is 34.1 Å². The van der Waals surface area contributed by atoms with Gasteiger partial charge >= 0.3 is 0 Å². The molecule has 1 aromatic carbocycles. The summed E-state index contributed by atoms with van der Waals surface area (Å²) in [6, 6.07) is 4.33. The number of hydrogen-bond acceptors (Lipinski definition) is 1. The average Bonchev–Trinajstić information content (AvgIpc) is 2.21. The van der Waals surface area contributed by atoms with Crippen molar-refractivity contribution in [3.8, 4) is 0 Å². The molecule has 0 bridgehead atoms. The third kappa shape index (κ3) is 2.79. The fourth-order valence-electron chi connectivity index (χ4n) is 1.09. The van der Waals surface area contributed by atoms with Gasteiger partial charge in [0.15, 0.2) is 5.78 Å². The number of Topliss-reactive ketones (excluding diaryl/α,β-unsaturated/α-hetero) is 1. The van der Waals surface area contributed by atoms with E-state index in [0.717, 1.165) is 0 Å². The first kappa shape index (κ1) is 12.7. The van der Waals surface area contributed by atoms with Gasteiger partial charge in [-0.05, 0) is 28.1 Å². The zero-order valence-electron chi connectivity index (χ0n) is 8.48. The fourth-order valence-corrected chi connectivity index (χ4v) is 1.46. The Hall–Kier alpha value is -0.410. The van der Waals surface area contributed by atoms with Crippen molar-refractivity contribution < 1.29 is 9.18 Å². The largest absolute Gasteiger partial charge is 0.294 e. The number of hydrogen-bond donors (Lipinski definition) is 0. The smallest absolute Gasteiger partial charge is 0.169 e. The summed E-state index contributed by atoms with van der Waals surface area (Å²) < 4.78 is 13.5. The first-order valence-corrected chi connectivity index (χ1v) is 5.77. The molecule has 0 atom stereocenters. The number of carbonyl (C=O) groups is 1. The molecule has 1 aromatic rings. The van der Waals surface area contributed by atoms with Crippen LogP contribution in [0.2, 0.25) is 0 Å². The quantitative estimate of drug-likeness (QED) is 0.607. The van der Waals surface area contributed by atoms with E-state index in [0.29, 0.717) is 10.0 Å². The van der Waals surface area contributed by atoms with Crippen molar-refractivity contribution in [2.24, 2.45) is 5.41 Å². The summed E-state index contributed by atoms with van der Waals surface area (Å²) in [7, 11) is 0. The maximum Gasteiger partial charge on any atom is 0.169 e. The summed E-state index contributed by atoms with van der Waals surface area (Å²) in [4.78, 5) is 11.9. The molecule has 0 aliphatic carbocycles. The molecule has 82 valence electrons. The van der Waals surface area contributed by atoms with Crippen molar-refractivity contribution in [1.82, 2.24) is 0 Å². The number of alkyl halides is 1. The summed E-state index contributed by atoms with van der Waals surface area (Å²) in [6.45, 7) is 3.48. The SMILES string of the molecule is CC(C)(CCl)C(=O)c1ccc(Br)c(F)c1. The van der Waals surface area contributed by atoms with E-state index in [-0.39, 0.29) is 11.7 Å². The molecule has 0 heterocycles. The minimum atomic E-state index is -0.665. The zero-order valence-corrected chi connectivity index (χ0v) is 10.8. The Morgan fingerprint density at radius 3 is 2.60 bits per heavy atom. The van der Waals surface area contributed by atoms with Gasteiger partial charge in [0.1, 0.15) is 5.82 Å². The van der Waals surface area contributed by atoms with Gasteiger partial charge in [0.2, 0.25) is 0 Å². The molecule has 0 aromatic heterocycles. The first-order valence-electron chi connectivity index (χ1n) is 4.44. The Balaban J connectivity index is 3.08. The van der Waals surface area contributed by atoms with Crippen LogP contribution >= 0.6 is 27.5 Å². The van der Waals surface area contributed by atoms with Crippen LogP contribution in [-0.4, -0.2) is 11.7 Å². The molecule has 0 N–H and O–H groups in total. The molecule has 0 fully saturated rings. The molecule has 0 saturated heterocycles. The van der Waals surface area contributed by atoms with E-state index in [2.05, 4.69) is 15.9 Å². The summed E-state index contributed by atoms with van der Waals surface area (Å²) >= 11 is 8.72. The Kier molecular flexibility index (Phi) is 3.90. The van der Waals surface area contributed by atoms with Crippen LogP contribution in [0.5, 0.6) is 0 Å². The number of ketones is 1. The molecule has 0 radical (unpaired) electrons. The predicted molar refractivity (Wildman–Crippen MR) is 62.9 cm³/mol. The second-order valence-electron chi connectivity index (χ2n) is 3.98. The molecule has 0 saturated carbocycles. The van der Waals surface area contributed by atoms with Gasteiger partial charge in [0.25, 0.3) is 0 Å². The Morgan fingerprint density at radius 1 is 1.53 bits per heavy atom. The monoisotopic (exact) mass is 292 g/mol. The van der Waals surface area contributed by atoms with Gasteiger partial charge in [-0.3, -0.25) is 4.79 Å². The van der Waals surface area contributed by atoms with E-state index in [9.17, 15) is 9.18 Å². The van der Waals surface area contributed by atoms with Crippen LogP contribution in [0.3, 0.4) is 0 Å². The Labute approximate surface area is 102 Å². The molecule has 0 spiro atoms. The van der Waals surface area contributed by atoms with E-state index < -0.39 is 11.2 Å². The normalized spacial score (nSPS) is 11.5. The van der Waals surface area contributed by atoms with Crippen molar-refractivity contribution in [3.63, 3.8) is 0 Å². The molecule has 4 heteroatoms. The second kappa shape index (κ2) is 4.62. The minimum Gasteiger partial charge on any atom is -0.294 e. The summed E-state index contributed by atoms with van der Waals surface area (Å²) in [5, 5.41) is 0. The standard InChI is InChI=1S/C11H11BrClFO/c1-11(2,6-13)10(15)7-3-4-8(12)9(14)5-7/h3-5H,6H2,1-2H3. The van der Waals surface area contributed by atoms with Gasteiger partial charge in [-0.25, -0.2) is 4.39 Å². The van der Waals surface area contributed by atoms with Crippen LogP contribution in [0.4, 0.5) is 4.39 Å². The lowest BCUT2D eigenvalue weighted by molar-refractivity contribution is 0.0861. The highest BCUT2D eigenvalue weighted by Gasteiger charge is 2.27. The van der Waals surface area contributed by atoms with Crippen molar-refractivity contribution in [1.29, 1.82) is 0 Å². The van der Waals surface area contributed by atoms with Crippen LogP contribution in [0.25, 0.3) is 0 Å². The highest BCUT2D eigenvalue weighted by atomic mass is 79.9. The predicted octanol–water partition coefficient (Wildman–Crippen LogP) is 4.04. The van der Waals surface area contributed by atoms with Gasteiger partial charge in [-0.1, -0.05) is 19.9 Å². The Morgan fingerprint density at radius 2 is 2.13 bits per heavy atom. The molecule has 0 amide bonds. The van der Waals surface area contributed by atoms with Crippen LogP contribution < -0.4 is 0 Å². The number of halogens is 3. The fraction of sp³-hybridized carbons (Fsp3) is 0.364. The molecule has 0 aliphatic rings.